The highest BCUT2D eigenvalue weighted by Gasteiger charge is 2.34. The van der Waals surface area contributed by atoms with Crippen molar-refractivity contribution in [1.29, 1.82) is 0 Å². The van der Waals surface area contributed by atoms with Gasteiger partial charge in [-0.05, 0) is 54.7 Å². The number of aromatic nitrogens is 3. The summed E-state index contributed by atoms with van der Waals surface area (Å²) in [5.74, 6) is -1.86. The fourth-order valence-corrected chi connectivity index (χ4v) is 4.87. The van der Waals surface area contributed by atoms with Crippen LogP contribution in [0.15, 0.2) is 36.5 Å². The number of halogens is 2. The molecule has 1 aliphatic heterocycles. The number of H-pyrrole nitrogens is 1. The van der Waals surface area contributed by atoms with Gasteiger partial charge in [-0.15, -0.1) is 0 Å². The molecule has 2 aromatic heterocycles. The van der Waals surface area contributed by atoms with Crippen LogP contribution < -0.4 is 0 Å². The highest BCUT2D eigenvalue weighted by molar-refractivity contribution is 5.99. The quantitative estimate of drug-likeness (QED) is 0.455. The van der Waals surface area contributed by atoms with E-state index in [9.17, 15) is 14.3 Å². The summed E-state index contributed by atoms with van der Waals surface area (Å²) < 4.78 is 37.1. The second-order valence-corrected chi connectivity index (χ2v) is 8.62. The van der Waals surface area contributed by atoms with Gasteiger partial charge in [-0.1, -0.05) is 13.8 Å². The highest BCUT2D eigenvalue weighted by atomic mass is 19.1. The molecule has 166 valence electrons. The minimum absolute atomic E-state index is 0.0236. The first-order chi connectivity index (χ1) is 15.4. The number of rotatable bonds is 4. The molecule has 0 radical (unpaired) electrons. The van der Waals surface area contributed by atoms with E-state index in [1.54, 1.807) is 18.3 Å². The molecule has 2 atom stereocenters. The van der Waals surface area contributed by atoms with Crippen molar-refractivity contribution >= 4 is 27.8 Å². The molecule has 32 heavy (non-hydrogen) atoms. The van der Waals surface area contributed by atoms with Crippen LogP contribution in [0.2, 0.25) is 0 Å². The first-order valence-electron chi connectivity index (χ1n) is 10.7. The summed E-state index contributed by atoms with van der Waals surface area (Å²) in [6, 6.07) is 8.02. The third-order valence-corrected chi connectivity index (χ3v) is 6.27. The van der Waals surface area contributed by atoms with Crippen molar-refractivity contribution < 1.29 is 23.4 Å². The van der Waals surface area contributed by atoms with E-state index >= 15 is 4.39 Å². The summed E-state index contributed by atoms with van der Waals surface area (Å²) in [4.78, 5) is 11.3. The van der Waals surface area contributed by atoms with Crippen molar-refractivity contribution in [1.82, 2.24) is 14.8 Å². The third-order valence-electron chi connectivity index (χ3n) is 6.27. The number of hydrogen-bond acceptors (Lipinski definition) is 3. The number of aromatic amines is 1. The number of nitrogens with one attached hydrogen (secondary N) is 1. The molecule has 5 rings (SSSR count). The molecular weight excluding hydrogens is 416 g/mol. The van der Waals surface area contributed by atoms with Crippen LogP contribution in [-0.4, -0.2) is 38.6 Å². The predicted octanol–water partition coefficient (Wildman–Crippen LogP) is 5.26. The number of nitrogens with zero attached hydrogens (tertiary/aromatic N) is 2. The van der Waals surface area contributed by atoms with E-state index in [0.717, 1.165) is 16.9 Å². The molecule has 1 saturated heterocycles. The lowest BCUT2D eigenvalue weighted by Gasteiger charge is -2.28. The molecular formula is C24H23F2N3O3. The van der Waals surface area contributed by atoms with Gasteiger partial charge < -0.3 is 14.4 Å². The van der Waals surface area contributed by atoms with Crippen LogP contribution in [-0.2, 0) is 9.53 Å². The normalized spacial score (nSPS) is 19.3. The van der Waals surface area contributed by atoms with Gasteiger partial charge in [-0.25, -0.2) is 13.6 Å². The molecule has 2 N–H and O–H groups in total. The number of carboxylic acid groups (broad SMARTS) is 1. The van der Waals surface area contributed by atoms with Crippen LogP contribution >= 0.6 is 0 Å². The Kier molecular flexibility index (Phi) is 4.97. The number of aliphatic carboxylic acids is 1. The summed E-state index contributed by atoms with van der Waals surface area (Å²) in [5, 5.41) is 17.1. The Morgan fingerprint density at radius 3 is 2.62 bits per heavy atom. The molecule has 0 bridgehead atoms. The number of hydrogen-bond donors (Lipinski definition) is 2. The average Bonchev–Trinajstić information content (AvgIpc) is 3.38. The Hall–Kier alpha value is -3.26. The molecule has 4 aromatic rings. The van der Waals surface area contributed by atoms with Crippen LogP contribution in [0.1, 0.15) is 49.8 Å². The molecule has 8 heteroatoms. The second-order valence-electron chi connectivity index (χ2n) is 8.62. The van der Waals surface area contributed by atoms with Crippen molar-refractivity contribution in [3.63, 3.8) is 0 Å². The summed E-state index contributed by atoms with van der Waals surface area (Å²) in [6.07, 6.45) is 1.66. The van der Waals surface area contributed by atoms with Crippen molar-refractivity contribution in [3.05, 3.63) is 59.4 Å². The standard InChI is InChI=1S/C24H23F2N3O3/c1-12(2)23-19(13-3-8-18(24(30)31)32-11-13)20-17(9-14-10-27-28-22(14)21(20)26)29(23)16-6-4-15(25)5-7-16/h4-7,9-10,12-13,18H,3,8,11H2,1-2H3,(H,27,28)(H,30,31)/t13-,18+/m0/s1. The summed E-state index contributed by atoms with van der Waals surface area (Å²) >= 11 is 0. The third kappa shape index (κ3) is 3.17. The number of carboxylic acids is 1. The Labute approximate surface area is 182 Å². The van der Waals surface area contributed by atoms with E-state index in [0.29, 0.717) is 34.6 Å². The van der Waals surface area contributed by atoms with Gasteiger partial charge in [0.15, 0.2) is 11.9 Å². The smallest absolute Gasteiger partial charge is 0.332 e. The van der Waals surface area contributed by atoms with E-state index in [-0.39, 0.29) is 24.3 Å². The SMILES string of the molecule is CC(C)c1c([C@H]2CC[C@H](C(=O)O)OC2)c2c(F)c3[nH]ncc3cc2n1-c1ccc(F)cc1. The summed E-state index contributed by atoms with van der Waals surface area (Å²) in [5.41, 5.74) is 3.45. The van der Waals surface area contributed by atoms with Gasteiger partial charge in [-0.2, -0.15) is 5.10 Å². The zero-order valence-electron chi connectivity index (χ0n) is 17.7. The maximum atomic E-state index is 15.9. The Balaban J connectivity index is 1.81. The molecule has 0 aliphatic carbocycles. The fraction of sp³-hybridized carbons (Fsp3) is 0.333. The van der Waals surface area contributed by atoms with Crippen LogP contribution in [0.25, 0.3) is 27.5 Å². The molecule has 0 unspecified atom stereocenters. The van der Waals surface area contributed by atoms with Gasteiger partial charge in [0.1, 0.15) is 11.3 Å². The minimum Gasteiger partial charge on any atom is -0.479 e. The number of fused-ring (bicyclic) bond motifs is 2. The lowest BCUT2D eigenvalue weighted by molar-refractivity contribution is -0.153. The fourth-order valence-electron chi connectivity index (χ4n) is 4.87. The summed E-state index contributed by atoms with van der Waals surface area (Å²) in [6.45, 7) is 4.26. The maximum absolute atomic E-state index is 15.9. The van der Waals surface area contributed by atoms with E-state index in [1.165, 1.54) is 12.1 Å². The zero-order chi connectivity index (χ0) is 22.6. The monoisotopic (exact) mass is 439 g/mol. The van der Waals surface area contributed by atoms with E-state index in [4.69, 9.17) is 4.74 Å². The second kappa shape index (κ2) is 7.70. The Morgan fingerprint density at radius 2 is 2.00 bits per heavy atom. The molecule has 0 amide bonds. The Morgan fingerprint density at radius 1 is 1.25 bits per heavy atom. The van der Waals surface area contributed by atoms with Crippen LogP contribution in [0.5, 0.6) is 0 Å². The van der Waals surface area contributed by atoms with E-state index in [2.05, 4.69) is 10.2 Å². The molecule has 1 fully saturated rings. The number of carbonyl (C=O) groups is 1. The molecule has 0 saturated carbocycles. The van der Waals surface area contributed by atoms with Gasteiger partial charge in [0, 0.05) is 28.1 Å². The van der Waals surface area contributed by atoms with E-state index in [1.807, 2.05) is 24.5 Å². The average molecular weight is 439 g/mol. The lowest BCUT2D eigenvalue weighted by atomic mass is 9.86. The number of ether oxygens (including phenoxy) is 1. The van der Waals surface area contributed by atoms with Crippen molar-refractivity contribution in [2.75, 3.05) is 6.61 Å². The number of benzene rings is 2. The predicted molar refractivity (Wildman–Crippen MR) is 116 cm³/mol. The van der Waals surface area contributed by atoms with Crippen molar-refractivity contribution in [2.45, 2.75) is 44.6 Å². The summed E-state index contributed by atoms with van der Waals surface area (Å²) in [7, 11) is 0. The molecule has 6 nitrogen and oxygen atoms in total. The lowest BCUT2D eigenvalue weighted by Crippen LogP contribution is -2.31. The van der Waals surface area contributed by atoms with Crippen LogP contribution in [0, 0.1) is 11.6 Å². The molecule has 1 aliphatic rings. The Bertz CT molecular complexity index is 1320. The van der Waals surface area contributed by atoms with Crippen molar-refractivity contribution in [3.8, 4) is 5.69 Å². The zero-order valence-corrected chi connectivity index (χ0v) is 17.7. The largest absolute Gasteiger partial charge is 0.479 e. The molecule has 2 aromatic carbocycles. The minimum atomic E-state index is -0.980. The highest BCUT2D eigenvalue weighted by Crippen LogP contribution is 2.44. The van der Waals surface area contributed by atoms with Gasteiger partial charge >= 0.3 is 5.97 Å². The molecule has 0 spiro atoms. The van der Waals surface area contributed by atoms with Gasteiger partial charge in [0.2, 0.25) is 0 Å². The van der Waals surface area contributed by atoms with Gasteiger partial charge in [0.25, 0.3) is 0 Å². The maximum Gasteiger partial charge on any atom is 0.332 e. The van der Waals surface area contributed by atoms with Gasteiger partial charge in [-0.3, -0.25) is 5.10 Å². The van der Waals surface area contributed by atoms with E-state index < -0.39 is 17.9 Å². The first-order valence-corrected chi connectivity index (χ1v) is 10.7. The van der Waals surface area contributed by atoms with Crippen LogP contribution in [0.4, 0.5) is 8.78 Å². The van der Waals surface area contributed by atoms with Gasteiger partial charge in [0.05, 0.1) is 18.3 Å². The van der Waals surface area contributed by atoms with Crippen LogP contribution in [0.3, 0.4) is 0 Å². The first kappa shape index (κ1) is 20.6. The van der Waals surface area contributed by atoms with Crippen molar-refractivity contribution in [2.24, 2.45) is 0 Å². The molecule has 3 heterocycles. The topological polar surface area (TPSA) is 80.1 Å².